The lowest BCUT2D eigenvalue weighted by atomic mass is 10.0. The molecule has 1 aliphatic rings. The molecule has 1 aromatic rings. The fraction of sp³-hybridized carbons (Fsp3) is 0.611. The number of carbonyl (C=O) groups is 1. The molecule has 1 unspecified atom stereocenters. The van der Waals surface area contributed by atoms with Gasteiger partial charge >= 0.3 is 0 Å². The van der Waals surface area contributed by atoms with Gasteiger partial charge in [-0.3, -0.25) is 4.79 Å². The third-order valence-corrected chi connectivity index (χ3v) is 4.08. The first kappa shape index (κ1) is 20.6. The first-order valence-electron chi connectivity index (χ1n) is 8.55. The lowest BCUT2D eigenvalue weighted by Gasteiger charge is -2.22. The Kier molecular flexibility index (Phi) is 9.57. The van der Waals surface area contributed by atoms with E-state index in [0.29, 0.717) is 18.9 Å². The molecule has 1 fully saturated rings. The van der Waals surface area contributed by atoms with Gasteiger partial charge in [0.05, 0.1) is 19.8 Å². The maximum atomic E-state index is 12.1. The standard InChI is InChI=1S/C18H28N2O3.ClH/c1-3-4-11-23-16-9-8-14(12-17(16)22-2)13-20-18(21)15-7-5-6-10-19-15;/h8-9,12,15,19H,3-7,10-11,13H2,1-2H3,(H,20,21);1H. The molecule has 0 spiro atoms. The second-order valence-electron chi connectivity index (χ2n) is 5.91. The van der Waals surface area contributed by atoms with Crippen LogP contribution in [0, 0.1) is 0 Å². The van der Waals surface area contributed by atoms with Gasteiger partial charge in [0.15, 0.2) is 11.5 Å². The van der Waals surface area contributed by atoms with E-state index in [4.69, 9.17) is 9.47 Å². The zero-order valence-corrected chi connectivity index (χ0v) is 15.4. The molecule has 1 aromatic carbocycles. The molecule has 1 heterocycles. The van der Waals surface area contributed by atoms with E-state index >= 15 is 0 Å². The van der Waals surface area contributed by atoms with Crippen LogP contribution in [0.25, 0.3) is 0 Å². The van der Waals surface area contributed by atoms with Gasteiger partial charge in [-0.1, -0.05) is 25.8 Å². The van der Waals surface area contributed by atoms with Gasteiger partial charge in [0, 0.05) is 6.54 Å². The topological polar surface area (TPSA) is 59.6 Å². The van der Waals surface area contributed by atoms with Gasteiger partial charge in [-0.25, -0.2) is 0 Å². The van der Waals surface area contributed by atoms with Gasteiger partial charge in [0.2, 0.25) is 5.91 Å². The Morgan fingerprint density at radius 3 is 2.83 bits per heavy atom. The maximum absolute atomic E-state index is 12.1. The van der Waals surface area contributed by atoms with E-state index in [-0.39, 0.29) is 24.4 Å². The lowest BCUT2D eigenvalue weighted by Crippen LogP contribution is -2.46. The van der Waals surface area contributed by atoms with Crippen LogP contribution in [0.1, 0.15) is 44.6 Å². The first-order chi connectivity index (χ1) is 11.2. The fourth-order valence-electron chi connectivity index (χ4n) is 2.66. The van der Waals surface area contributed by atoms with E-state index in [9.17, 15) is 4.79 Å². The van der Waals surface area contributed by atoms with Crippen LogP contribution in [0.4, 0.5) is 0 Å². The van der Waals surface area contributed by atoms with Gasteiger partial charge in [0.1, 0.15) is 0 Å². The second kappa shape index (κ2) is 11.2. The quantitative estimate of drug-likeness (QED) is 0.703. The van der Waals surface area contributed by atoms with Crippen molar-refractivity contribution < 1.29 is 14.3 Å². The summed E-state index contributed by atoms with van der Waals surface area (Å²) in [4.78, 5) is 12.1. The number of hydrogen-bond donors (Lipinski definition) is 2. The first-order valence-corrected chi connectivity index (χ1v) is 8.55. The summed E-state index contributed by atoms with van der Waals surface area (Å²) in [6.45, 7) is 4.25. The van der Waals surface area contributed by atoms with E-state index < -0.39 is 0 Å². The normalized spacial score (nSPS) is 16.8. The molecular formula is C18H29ClN2O3. The molecule has 2 rings (SSSR count). The molecule has 0 saturated carbocycles. The summed E-state index contributed by atoms with van der Waals surface area (Å²) in [5, 5.41) is 6.25. The molecule has 0 bridgehead atoms. The Labute approximate surface area is 150 Å². The molecule has 0 aromatic heterocycles. The molecule has 2 N–H and O–H groups in total. The summed E-state index contributed by atoms with van der Waals surface area (Å²) in [5.74, 6) is 1.54. The van der Waals surface area contributed by atoms with Crippen LogP contribution in [0.2, 0.25) is 0 Å². The minimum atomic E-state index is -0.0534. The number of halogens is 1. The molecule has 1 saturated heterocycles. The SMILES string of the molecule is CCCCOc1ccc(CNC(=O)C2CCCCN2)cc1OC.Cl. The van der Waals surface area contributed by atoms with E-state index in [1.165, 1.54) is 0 Å². The van der Waals surface area contributed by atoms with Gasteiger partial charge in [-0.15, -0.1) is 12.4 Å². The Hall–Kier alpha value is -1.46. The Balaban J connectivity index is 0.00000288. The zero-order valence-electron chi connectivity index (χ0n) is 14.6. The van der Waals surface area contributed by atoms with Crippen LogP contribution in [0.5, 0.6) is 11.5 Å². The molecule has 1 atom stereocenters. The number of rotatable bonds is 8. The van der Waals surface area contributed by atoms with Gasteiger partial charge in [-0.05, 0) is 43.5 Å². The van der Waals surface area contributed by atoms with Crippen molar-refractivity contribution in [2.45, 2.75) is 51.6 Å². The molecule has 5 nitrogen and oxygen atoms in total. The monoisotopic (exact) mass is 356 g/mol. The number of carbonyl (C=O) groups excluding carboxylic acids is 1. The van der Waals surface area contributed by atoms with E-state index in [1.54, 1.807) is 7.11 Å². The van der Waals surface area contributed by atoms with Crippen molar-refractivity contribution in [3.8, 4) is 11.5 Å². The highest BCUT2D eigenvalue weighted by molar-refractivity contribution is 5.85. The summed E-state index contributed by atoms with van der Waals surface area (Å²) in [6, 6.07) is 5.76. The highest BCUT2D eigenvalue weighted by atomic mass is 35.5. The number of piperidine rings is 1. The van der Waals surface area contributed by atoms with Crippen LogP contribution in [-0.4, -0.2) is 32.2 Å². The predicted octanol–water partition coefficient (Wildman–Crippen LogP) is 3.05. The number of unbranched alkanes of at least 4 members (excludes halogenated alkanes) is 1. The molecule has 1 aliphatic heterocycles. The van der Waals surface area contributed by atoms with Crippen LogP contribution in [0.15, 0.2) is 18.2 Å². The summed E-state index contributed by atoms with van der Waals surface area (Å²) in [5.41, 5.74) is 1.01. The maximum Gasteiger partial charge on any atom is 0.237 e. The van der Waals surface area contributed by atoms with Crippen molar-refractivity contribution in [1.29, 1.82) is 0 Å². The number of ether oxygens (including phenoxy) is 2. The Morgan fingerprint density at radius 1 is 1.33 bits per heavy atom. The Bertz CT molecular complexity index is 505. The van der Waals surface area contributed by atoms with Crippen molar-refractivity contribution in [3.63, 3.8) is 0 Å². The lowest BCUT2D eigenvalue weighted by molar-refractivity contribution is -0.123. The molecule has 0 radical (unpaired) electrons. The summed E-state index contributed by atoms with van der Waals surface area (Å²) < 4.78 is 11.1. The van der Waals surface area contributed by atoms with Crippen molar-refractivity contribution >= 4 is 18.3 Å². The molecule has 136 valence electrons. The smallest absolute Gasteiger partial charge is 0.237 e. The predicted molar refractivity (Wildman–Crippen MR) is 98.1 cm³/mol. The van der Waals surface area contributed by atoms with E-state index in [1.807, 2.05) is 18.2 Å². The average molecular weight is 357 g/mol. The van der Waals surface area contributed by atoms with E-state index in [2.05, 4.69) is 17.6 Å². The Morgan fingerprint density at radius 2 is 2.17 bits per heavy atom. The summed E-state index contributed by atoms with van der Waals surface area (Å²) in [7, 11) is 1.64. The summed E-state index contributed by atoms with van der Waals surface area (Å²) >= 11 is 0. The third-order valence-electron chi connectivity index (χ3n) is 4.08. The van der Waals surface area contributed by atoms with Crippen LogP contribution < -0.4 is 20.1 Å². The third kappa shape index (κ3) is 6.21. The average Bonchev–Trinajstić information content (AvgIpc) is 2.61. The number of benzene rings is 1. The van der Waals surface area contributed by atoms with Crippen molar-refractivity contribution in [2.75, 3.05) is 20.3 Å². The number of amides is 1. The molecule has 6 heteroatoms. The molecular weight excluding hydrogens is 328 g/mol. The molecule has 0 aliphatic carbocycles. The van der Waals surface area contributed by atoms with Crippen molar-refractivity contribution in [3.05, 3.63) is 23.8 Å². The van der Waals surface area contributed by atoms with Crippen LogP contribution in [0.3, 0.4) is 0 Å². The van der Waals surface area contributed by atoms with Gasteiger partial charge in [-0.2, -0.15) is 0 Å². The molecule has 1 amide bonds. The largest absolute Gasteiger partial charge is 0.493 e. The highest BCUT2D eigenvalue weighted by Gasteiger charge is 2.20. The number of hydrogen-bond acceptors (Lipinski definition) is 4. The van der Waals surface area contributed by atoms with Gasteiger partial charge in [0.25, 0.3) is 0 Å². The van der Waals surface area contributed by atoms with Crippen molar-refractivity contribution in [2.24, 2.45) is 0 Å². The van der Waals surface area contributed by atoms with Gasteiger partial charge < -0.3 is 20.1 Å². The van der Waals surface area contributed by atoms with Crippen molar-refractivity contribution in [1.82, 2.24) is 10.6 Å². The number of methoxy groups -OCH3 is 1. The number of nitrogens with one attached hydrogen (secondary N) is 2. The second-order valence-corrected chi connectivity index (χ2v) is 5.91. The zero-order chi connectivity index (χ0) is 16.5. The minimum Gasteiger partial charge on any atom is -0.493 e. The highest BCUT2D eigenvalue weighted by Crippen LogP contribution is 2.28. The van der Waals surface area contributed by atoms with E-state index in [0.717, 1.165) is 50.0 Å². The van der Waals surface area contributed by atoms with Crippen LogP contribution in [-0.2, 0) is 11.3 Å². The summed E-state index contributed by atoms with van der Waals surface area (Å²) in [6.07, 6.45) is 5.31. The fourth-order valence-corrected chi connectivity index (χ4v) is 2.66. The van der Waals surface area contributed by atoms with Crippen LogP contribution >= 0.6 is 12.4 Å². The minimum absolute atomic E-state index is 0. The molecule has 24 heavy (non-hydrogen) atoms.